The van der Waals surface area contributed by atoms with Crippen LogP contribution in [0.15, 0.2) is 69.3 Å². The summed E-state index contributed by atoms with van der Waals surface area (Å²) in [5.74, 6) is -0.595. The summed E-state index contributed by atoms with van der Waals surface area (Å²) in [7, 11) is -3.94. The monoisotopic (exact) mass is 303 g/mol. The van der Waals surface area contributed by atoms with Gasteiger partial charge in [0.1, 0.15) is 10.7 Å². The summed E-state index contributed by atoms with van der Waals surface area (Å²) in [6.07, 6.45) is 1.14. The van der Waals surface area contributed by atoms with Crippen LogP contribution in [0.1, 0.15) is 0 Å². The summed E-state index contributed by atoms with van der Waals surface area (Å²) in [6, 6.07) is 11.3. The van der Waals surface area contributed by atoms with Crippen LogP contribution < -0.4 is 5.43 Å². The van der Waals surface area contributed by atoms with Gasteiger partial charge in [-0.25, -0.2) is 12.8 Å². The SMILES string of the molecule is O=c1c(S(=O)(=O)c2ccccc2)c[nH]c2ccc(F)cc12. The lowest BCUT2D eigenvalue weighted by atomic mass is 10.2. The van der Waals surface area contributed by atoms with Gasteiger partial charge in [-0.15, -0.1) is 0 Å². The number of hydrogen-bond donors (Lipinski definition) is 1. The van der Waals surface area contributed by atoms with E-state index < -0.39 is 26.0 Å². The van der Waals surface area contributed by atoms with E-state index in [0.717, 1.165) is 12.3 Å². The van der Waals surface area contributed by atoms with Crippen LogP contribution in [0.3, 0.4) is 0 Å². The van der Waals surface area contributed by atoms with E-state index in [-0.39, 0.29) is 10.3 Å². The molecule has 0 unspecified atom stereocenters. The van der Waals surface area contributed by atoms with E-state index in [9.17, 15) is 17.6 Å². The maximum absolute atomic E-state index is 13.3. The Labute approximate surface area is 119 Å². The number of nitrogens with one attached hydrogen (secondary N) is 1. The van der Waals surface area contributed by atoms with Gasteiger partial charge < -0.3 is 4.98 Å². The zero-order chi connectivity index (χ0) is 15.0. The molecular formula is C15H10FNO3S. The molecule has 1 heterocycles. The van der Waals surface area contributed by atoms with Crippen LogP contribution in [0.5, 0.6) is 0 Å². The quantitative estimate of drug-likeness (QED) is 0.791. The summed E-state index contributed by atoms with van der Waals surface area (Å²) in [4.78, 5) is 14.7. The van der Waals surface area contributed by atoms with Crippen LogP contribution in [0.25, 0.3) is 10.9 Å². The van der Waals surface area contributed by atoms with Crippen molar-refractivity contribution >= 4 is 20.7 Å². The molecule has 3 aromatic rings. The van der Waals surface area contributed by atoms with Gasteiger partial charge in [-0.1, -0.05) is 18.2 Å². The van der Waals surface area contributed by atoms with Crippen LogP contribution in [0.2, 0.25) is 0 Å². The normalized spacial score (nSPS) is 11.7. The Hall–Kier alpha value is -2.47. The summed E-state index contributed by atoms with van der Waals surface area (Å²) in [6.45, 7) is 0. The van der Waals surface area contributed by atoms with E-state index in [2.05, 4.69) is 4.98 Å². The van der Waals surface area contributed by atoms with Crippen molar-refractivity contribution in [2.75, 3.05) is 0 Å². The van der Waals surface area contributed by atoms with E-state index in [0.29, 0.717) is 5.52 Å². The van der Waals surface area contributed by atoms with Gasteiger partial charge in [0.05, 0.1) is 4.90 Å². The third-order valence-electron chi connectivity index (χ3n) is 3.15. The number of sulfone groups is 1. The van der Waals surface area contributed by atoms with Crippen molar-refractivity contribution in [2.45, 2.75) is 9.79 Å². The fraction of sp³-hybridized carbons (Fsp3) is 0. The zero-order valence-corrected chi connectivity index (χ0v) is 11.5. The molecule has 2 aromatic carbocycles. The number of H-pyrrole nitrogens is 1. The first-order chi connectivity index (χ1) is 10.00. The Balaban J connectivity index is 2.32. The summed E-state index contributed by atoms with van der Waals surface area (Å²) < 4.78 is 38.2. The molecule has 6 heteroatoms. The maximum Gasteiger partial charge on any atom is 0.211 e. The molecule has 106 valence electrons. The Morgan fingerprint density at radius 2 is 1.71 bits per heavy atom. The van der Waals surface area contributed by atoms with Crippen molar-refractivity contribution in [3.8, 4) is 0 Å². The molecular weight excluding hydrogens is 293 g/mol. The molecule has 0 radical (unpaired) electrons. The fourth-order valence-corrected chi connectivity index (χ4v) is 3.44. The number of halogens is 1. The standard InChI is InChI=1S/C15H10FNO3S/c16-10-6-7-13-12(8-10)15(18)14(9-17-13)21(19,20)11-4-2-1-3-5-11/h1-9H,(H,17,18). The van der Waals surface area contributed by atoms with Gasteiger partial charge >= 0.3 is 0 Å². The van der Waals surface area contributed by atoms with Crippen LogP contribution in [-0.4, -0.2) is 13.4 Å². The van der Waals surface area contributed by atoms with Gasteiger partial charge in [-0.2, -0.15) is 0 Å². The lowest BCUT2D eigenvalue weighted by molar-refractivity contribution is 0.595. The van der Waals surface area contributed by atoms with Crippen molar-refractivity contribution in [2.24, 2.45) is 0 Å². The molecule has 1 N–H and O–H groups in total. The van der Waals surface area contributed by atoms with E-state index in [1.165, 1.54) is 24.3 Å². The molecule has 0 saturated carbocycles. The van der Waals surface area contributed by atoms with Crippen molar-refractivity contribution in [3.63, 3.8) is 0 Å². The first-order valence-electron chi connectivity index (χ1n) is 6.11. The Kier molecular flexibility index (Phi) is 3.10. The van der Waals surface area contributed by atoms with Gasteiger partial charge in [-0.05, 0) is 30.3 Å². The molecule has 0 fully saturated rings. The number of fused-ring (bicyclic) bond motifs is 1. The molecule has 0 spiro atoms. The number of aromatic nitrogens is 1. The highest BCUT2D eigenvalue weighted by Crippen LogP contribution is 2.19. The molecule has 0 aliphatic heterocycles. The van der Waals surface area contributed by atoms with Crippen molar-refractivity contribution < 1.29 is 12.8 Å². The average molecular weight is 303 g/mol. The zero-order valence-electron chi connectivity index (χ0n) is 10.7. The molecule has 4 nitrogen and oxygen atoms in total. The fourth-order valence-electron chi connectivity index (χ4n) is 2.10. The molecule has 3 rings (SSSR count). The van der Waals surface area contributed by atoms with Crippen LogP contribution in [-0.2, 0) is 9.84 Å². The second-order valence-electron chi connectivity index (χ2n) is 4.49. The number of pyridine rings is 1. The molecule has 1 aromatic heterocycles. The number of rotatable bonds is 2. The first kappa shape index (κ1) is 13.5. The minimum absolute atomic E-state index is 0.00649. The summed E-state index contributed by atoms with van der Waals surface area (Å²) >= 11 is 0. The van der Waals surface area contributed by atoms with Crippen LogP contribution in [0.4, 0.5) is 4.39 Å². The highest BCUT2D eigenvalue weighted by Gasteiger charge is 2.22. The third-order valence-corrected chi connectivity index (χ3v) is 4.93. The molecule has 0 atom stereocenters. The van der Waals surface area contributed by atoms with E-state index in [4.69, 9.17) is 0 Å². The molecule has 0 saturated heterocycles. The Morgan fingerprint density at radius 1 is 1.00 bits per heavy atom. The lowest BCUT2D eigenvalue weighted by Gasteiger charge is -2.05. The topological polar surface area (TPSA) is 67.0 Å². The van der Waals surface area contributed by atoms with Crippen molar-refractivity contribution in [1.29, 1.82) is 0 Å². The second-order valence-corrected chi connectivity index (χ2v) is 6.41. The Bertz CT molecular complexity index is 979. The van der Waals surface area contributed by atoms with E-state index >= 15 is 0 Å². The predicted octanol–water partition coefficient (Wildman–Crippen LogP) is 2.50. The second kappa shape index (κ2) is 4.82. The molecule has 0 aliphatic carbocycles. The predicted molar refractivity (Wildman–Crippen MR) is 76.4 cm³/mol. The third kappa shape index (κ3) is 2.23. The van der Waals surface area contributed by atoms with E-state index in [1.54, 1.807) is 18.2 Å². The van der Waals surface area contributed by atoms with Crippen LogP contribution >= 0.6 is 0 Å². The van der Waals surface area contributed by atoms with Gasteiger partial charge in [0.2, 0.25) is 15.3 Å². The molecule has 0 amide bonds. The minimum atomic E-state index is -3.94. The average Bonchev–Trinajstić information content (AvgIpc) is 2.49. The molecule has 0 aliphatic rings. The first-order valence-corrected chi connectivity index (χ1v) is 7.59. The minimum Gasteiger partial charge on any atom is -0.360 e. The maximum atomic E-state index is 13.3. The van der Waals surface area contributed by atoms with Gasteiger partial charge in [-0.3, -0.25) is 4.79 Å². The number of aromatic amines is 1. The highest BCUT2D eigenvalue weighted by molar-refractivity contribution is 7.91. The summed E-state index contributed by atoms with van der Waals surface area (Å²) in [5.41, 5.74) is -0.333. The van der Waals surface area contributed by atoms with Crippen LogP contribution in [0, 0.1) is 5.82 Å². The van der Waals surface area contributed by atoms with E-state index in [1.807, 2.05) is 0 Å². The number of hydrogen-bond acceptors (Lipinski definition) is 3. The lowest BCUT2D eigenvalue weighted by Crippen LogP contribution is -2.16. The Morgan fingerprint density at radius 3 is 2.43 bits per heavy atom. The highest BCUT2D eigenvalue weighted by atomic mass is 32.2. The van der Waals surface area contributed by atoms with Crippen molar-refractivity contribution in [1.82, 2.24) is 4.98 Å². The number of benzene rings is 2. The molecule has 0 bridgehead atoms. The largest absolute Gasteiger partial charge is 0.360 e. The van der Waals surface area contributed by atoms with Crippen molar-refractivity contribution in [3.05, 3.63) is 70.8 Å². The van der Waals surface area contributed by atoms with Gasteiger partial charge in [0.25, 0.3) is 0 Å². The summed E-state index contributed by atoms with van der Waals surface area (Å²) in [5, 5.41) is 0.00649. The molecule has 21 heavy (non-hydrogen) atoms. The van der Waals surface area contributed by atoms with Gasteiger partial charge in [0, 0.05) is 17.1 Å². The van der Waals surface area contributed by atoms with Gasteiger partial charge in [0.15, 0.2) is 0 Å². The smallest absolute Gasteiger partial charge is 0.211 e.